The van der Waals surface area contributed by atoms with Gasteiger partial charge in [-0.1, -0.05) is 0 Å². The molecule has 0 aromatic heterocycles. The van der Waals surface area contributed by atoms with Crippen LogP contribution in [0.15, 0.2) is 0 Å². The average Bonchev–Trinajstić information content (AvgIpc) is 2.15. The summed E-state index contributed by atoms with van der Waals surface area (Å²) in [4.78, 5) is 0. The van der Waals surface area contributed by atoms with Gasteiger partial charge in [-0.3, -0.25) is 0 Å². The predicted molar refractivity (Wildman–Crippen MR) is 56.4 cm³/mol. The first-order valence-electron chi connectivity index (χ1n) is 5.87. The maximum atomic E-state index is 3.46. The highest BCUT2D eigenvalue weighted by atomic mass is 15.2. The van der Waals surface area contributed by atoms with Crippen molar-refractivity contribution in [1.82, 2.24) is 21.3 Å². The zero-order chi connectivity index (χ0) is 9.38. The summed E-state index contributed by atoms with van der Waals surface area (Å²) in [6.07, 6.45) is 2.74. The number of hydrogen-bond acceptors (Lipinski definition) is 4. The van der Waals surface area contributed by atoms with E-state index in [0.717, 1.165) is 24.2 Å². The second kappa shape index (κ2) is 3.77. The quantitative estimate of drug-likeness (QED) is 0.386. The highest BCUT2D eigenvalue weighted by Crippen LogP contribution is 2.14. The van der Waals surface area contributed by atoms with Crippen molar-refractivity contribution in [2.24, 2.45) is 0 Å². The minimum atomic E-state index is 0.823. The van der Waals surface area contributed by atoms with Crippen LogP contribution in [0.25, 0.3) is 0 Å². The molecule has 4 aliphatic heterocycles. The average molecular weight is 196 g/mol. The van der Waals surface area contributed by atoms with Crippen LogP contribution >= 0.6 is 0 Å². The van der Waals surface area contributed by atoms with Crippen molar-refractivity contribution in [2.75, 3.05) is 26.2 Å². The fraction of sp³-hybridized carbons (Fsp3) is 1.00. The van der Waals surface area contributed by atoms with E-state index in [1.807, 2.05) is 0 Å². The standard InChI is InChI=1S/C6H12N2.C4H8N2/c1-2-5-6(4-8-5)7-3-1;1-3-4(5-1)2-6-3/h5-8H,1-4H2;3-6H,1-2H2. The van der Waals surface area contributed by atoms with Crippen molar-refractivity contribution >= 4 is 0 Å². The van der Waals surface area contributed by atoms with Gasteiger partial charge >= 0.3 is 0 Å². The summed E-state index contributed by atoms with van der Waals surface area (Å²) >= 11 is 0. The summed E-state index contributed by atoms with van der Waals surface area (Å²) in [7, 11) is 0. The van der Waals surface area contributed by atoms with E-state index in [2.05, 4.69) is 21.3 Å². The van der Waals surface area contributed by atoms with Crippen LogP contribution in [0.5, 0.6) is 0 Å². The second-order valence-corrected chi connectivity index (χ2v) is 4.75. The van der Waals surface area contributed by atoms with Gasteiger partial charge in [-0.25, -0.2) is 0 Å². The third kappa shape index (κ3) is 1.56. The van der Waals surface area contributed by atoms with E-state index >= 15 is 0 Å². The van der Waals surface area contributed by atoms with Gasteiger partial charge < -0.3 is 21.3 Å². The number of rotatable bonds is 0. The summed E-state index contributed by atoms with van der Waals surface area (Å²) in [6, 6.07) is 3.35. The summed E-state index contributed by atoms with van der Waals surface area (Å²) in [6.45, 7) is 4.84. The molecular formula is C10H20N4. The molecule has 4 rings (SSSR count). The minimum Gasteiger partial charge on any atom is -0.311 e. The molecule has 4 N–H and O–H groups in total. The second-order valence-electron chi connectivity index (χ2n) is 4.75. The maximum Gasteiger partial charge on any atom is 0.0359 e. The summed E-state index contributed by atoms with van der Waals surface area (Å²) in [5.74, 6) is 0. The zero-order valence-electron chi connectivity index (χ0n) is 8.55. The molecule has 4 nitrogen and oxygen atoms in total. The molecule has 0 radical (unpaired) electrons. The van der Waals surface area contributed by atoms with Gasteiger partial charge in [-0.05, 0) is 19.4 Å². The molecule has 0 bridgehead atoms. The summed E-state index contributed by atoms with van der Waals surface area (Å²) in [5.41, 5.74) is 0. The molecule has 4 unspecified atom stereocenters. The Hall–Kier alpha value is -0.160. The Kier molecular flexibility index (Phi) is 2.45. The van der Waals surface area contributed by atoms with E-state index in [1.54, 1.807) is 0 Å². The van der Waals surface area contributed by atoms with Crippen LogP contribution in [0.1, 0.15) is 12.8 Å². The molecule has 4 saturated heterocycles. The Morgan fingerprint density at radius 1 is 0.643 bits per heavy atom. The Morgan fingerprint density at radius 3 is 1.43 bits per heavy atom. The van der Waals surface area contributed by atoms with Crippen molar-refractivity contribution in [3.8, 4) is 0 Å². The van der Waals surface area contributed by atoms with Gasteiger partial charge in [0, 0.05) is 43.8 Å². The first-order valence-corrected chi connectivity index (χ1v) is 5.87. The predicted octanol–water partition coefficient (Wildman–Crippen LogP) is -1.36. The van der Waals surface area contributed by atoms with Gasteiger partial charge in [0.2, 0.25) is 0 Å². The Morgan fingerprint density at radius 2 is 1.21 bits per heavy atom. The number of piperazine rings is 1. The molecule has 0 amide bonds. The molecule has 14 heavy (non-hydrogen) atoms. The van der Waals surface area contributed by atoms with E-state index in [0.29, 0.717) is 0 Å². The Labute approximate surface area is 85.2 Å². The van der Waals surface area contributed by atoms with Gasteiger partial charge in [0.15, 0.2) is 0 Å². The van der Waals surface area contributed by atoms with Gasteiger partial charge in [-0.15, -0.1) is 0 Å². The molecule has 4 atom stereocenters. The molecule has 0 aromatic rings. The van der Waals surface area contributed by atoms with E-state index < -0.39 is 0 Å². The lowest BCUT2D eigenvalue weighted by molar-refractivity contribution is 0.164. The van der Waals surface area contributed by atoms with Gasteiger partial charge in [0.25, 0.3) is 0 Å². The van der Waals surface area contributed by atoms with Crippen LogP contribution in [0.4, 0.5) is 0 Å². The molecule has 0 saturated carbocycles. The van der Waals surface area contributed by atoms with Crippen LogP contribution in [0.3, 0.4) is 0 Å². The molecule has 0 spiro atoms. The molecule has 4 heterocycles. The molecular weight excluding hydrogens is 176 g/mol. The summed E-state index contributed by atoms with van der Waals surface area (Å²) < 4.78 is 0. The first kappa shape index (κ1) is 9.09. The van der Waals surface area contributed by atoms with Crippen molar-refractivity contribution in [2.45, 2.75) is 37.0 Å². The molecule has 4 fully saturated rings. The van der Waals surface area contributed by atoms with Crippen LogP contribution < -0.4 is 21.3 Å². The van der Waals surface area contributed by atoms with Crippen LogP contribution in [-0.2, 0) is 0 Å². The normalized spacial score (nSPS) is 48.0. The van der Waals surface area contributed by atoms with Crippen molar-refractivity contribution in [3.05, 3.63) is 0 Å². The third-order valence-electron chi connectivity index (χ3n) is 3.87. The van der Waals surface area contributed by atoms with Crippen LogP contribution in [-0.4, -0.2) is 50.3 Å². The van der Waals surface area contributed by atoms with Crippen molar-refractivity contribution < 1.29 is 0 Å². The van der Waals surface area contributed by atoms with E-state index in [-0.39, 0.29) is 0 Å². The SMILES string of the molecule is C1CNC2CNC2C1.C1NC2CNC12. The van der Waals surface area contributed by atoms with Gasteiger partial charge in [-0.2, -0.15) is 0 Å². The summed E-state index contributed by atoms with van der Waals surface area (Å²) in [5, 5.41) is 13.4. The number of fused-ring (bicyclic) bond motifs is 2. The van der Waals surface area contributed by atoms with Gasteiger partial charge in [0.1, 0.15) is 0 Å². The third-order valence-corrected chi connectivity index (χ3v) is 3.87. The Bertz CT molecular complexity index is 178. The van der Waals surface area contributed by atoms with E-state index in [9.17, 15) is 0 Å². The van der Waals surface area contributed by atoms with Crippen LogP contribution in [0, 0.1) is 0 Å². The van der Waals surface area contributed by atoms with E-state index in [4.69, 9.17) is 0 Å². The van der Waals surface area contributed by atoms with E-state index in [1.165, 1.54) is 39.0 Å². The number of hydrogen-bond donors (Lipinski definition) is 4. The topological polar surface area (TPSA) is 48.1 Å². The monoisotopic (exact) mass is 196 g/mol. The smallest absolute Gasteiger partial charge is 0.0359 e. The van der Waals surface area contributed by atoms with Crippen LogP contribution in [0.2, 0.25) is 0 Å². The lowest BCUT2D eigenvalue weighted by atomic mass is 9.92. The van der Waals surface area contributed by atoms with Gasteiger partial charge in [0.05, 0.1) is 0 Å². The molecule has 4 heteroatoms. The Balaban J connectivity index is 0.0000000950. The lowest BCUT2D eigenvalue weighted by Gasteiger charge is -2.48. The maximum absolute atomic E-state index is 3.46. The lowest BCUT2D eigenvalue weighted by Crippen LogP contribution is -2.76. The fourth-order valence-corrected chi connectivity index (χ4v) is 2.48. The molecule has 0 aliphatic carbocycles. The highest BCUT2D eigenvalue weighted by molar-refractivity contribution is 5.03. The molecule has 0 aromatic carbocycles. The van der Waals surface area contributed by atoms with Crippen molar-refractivity contribution in [3.63, 3.8) is 0 Å². The first-order chi connectivity index (χ1) is 6.93. The molecule has 4 aliphatic rings. The number of piperidine rings is 1. The zero-order valence-corrected chi connectivity index (χ0v) is 8.55. The fourth-order valence-electron chi connectivity index (χ4n) is 2.48. The largest absolute Gasteiger partial charge is 0.311 e. The number of nitrogens with one attached hydrogen (secondary N) is 4. The highest BCUT2D eigenvalue weighted by Gasteiger charge is 2.37. The van der Waals surface area contributed by atoms with Crippen molar-refractivity contribution in [1.29, 1.82) is 0 Å². The minimum absolute atomic E-state index is 0.823. The molecule has 80 valence electrons.